The van der Waals surface area contributed by atoms with Gasteiger partial charge in [-0.05, 0) is 62.1 Å². The third-order valence-electron chi connectivity index (χ3n) is 6.49. The van der Waals surface area contributed by atoms with Crippen LogP contribution in [0.2, 0.25) is 0 Å². The van der Waals surface area contributed by atoms with Crippen molar-refractivity contribution in [2.75, 3.05) is 33.3 Å². The van der Waals surface area contributed by atoms with Gasteiger partial charge in [-0.15, -0.1) is 0 Å². The maximum Gasteiger partial charge on any atom is 0.230 e. The van der Waals surface area contributed by atoms with Crippen LogP contribution in [0.3, 0.4) is 0 Å². The highest BCUT2D eigenvalue weighted by molar-refractivity contribution is 5.86. The Kier molecular flexibility index (Phi) is 5.11. The number of aryl methyl sites for hydroxylation is 1. The SMILES string of the molecule is COc1ccc(CCC(=O)N2CC[C@]3(CCCN(CC4CC4)C3=O)C2)cc1. The second kappa shape index (κ2) is 7.53. The van der Waals surface area contributed by atoms with Crippen molar-refractivity contribution in [2.24, 2.45) is 11.3 Å². The van der Waals surface area contributed by atoms with E-state index < -0.39 is 0 Å². The lowest BCUT2D eigenvalue weighted by Gasteiger charge is -2.39. The molecule has 2 amide bonds. The number of hydrogen-bond acceptors (Lipinski definition) is 3. The molecule has 0 bridgehead atoms. The van der Waals surface area contributed by atoms with Gasteiger partial charge in [0, 0.05) is 32.6 Å². The van der Waals surface area contributed by atoms with Crippen LogP contribution in [0.5, 0.6) is 5.75 Å². The monoisotopic (exact) mass is 370 g/mol. The van der Waals surface area contributed by atoms with E-state index in [4.69, 9.17) is 4.74 Å². The van der Waals surface area contributed by atoms with Crippen molar-refractivity contribution < 1.29 is 14.3 Å². The smallest absolute Gasteiger partial charge is 0.230 e. The number of methoxy groups -OCH3 is 1. The average molecular weight is 370 g/mol. The van der Waals surface area contributed by atoms with Crippen molar-refractivity contribution >= 4 is 11.8 Å². The van der Waals surface area contributed by atoms with E-state index in [-0.39, 0.29) is 11.3 Å². The molecule has 27 heavy (non-hydrogen) atoms. The summed E-state index contributed by atoms with van der Waals surface area (Å²) in [5, 5.41) is 0. The summed E-state index contributed by atoms with van der Waals surface area (Å²) in [5.74, 6) is 2.05. The van der Waals surface area contributed by atoms with Crippen molar-refractivity contribution in [3.63, 3.8) is 0 Å². The zero-order valence-electron chi connectivity index (χ0n) is 16.3. The number of amides is 2. The van der Waals surface area contributed by atoms with Crippen molar-refractivity contribution in [2.45, 2.75) is 44.9 Å². The third kappa shape index (κ3) is 3.97. The highest BCUT2D eigenvalue weighted by Crippen LogP contribution is 2.41. The minimum absolute atomic E-state index is 0.176. The molecule has 1 aromatic carbocycles. The maximum absolute atomic E-state index is 13.1. The molecule has 0 N–H and O–H groups in total. The van der Waals surface area contributed by atoms with E-state index in [1.807, 2.05) is 29.2 Å². The second-order valence-electron chi connectivity index (χ2n) is 8.49. The van der Waals surface area contributed by atoms with Crippen molar-refractivity contribution in [3.05, 3.63) is 29.8 Å². The Labute approximate surface area is 161 Å². The Balaban J connectivity index is 1.32. The molecule has 0 unspecified atom stereocenters. The first-order valence-corrected chi connectivity index (χ1v) is 10.3. The van der Waals surface area contributed by atoms with Crippen LogP contribution in [-0.4, -0.2) is 54.9 Å². The number of carbonyl (C=O) groups excluding carboxylic acids is 2. The lowest BCUT2D eigenvalue weighted by atomic mass is 9.78. The van der Waals surface area contributed by atoms with Crippen LogP contribution in [0.25, 0.3) is 0 Å². The molecule has 1 aliphatic carbocycles. The van der Waals surface area contributed by atoms with Crippen LogP contribution < -0.4 is 4.74 Å². The van der Waals surface area contributed by atoms with Gasteiger partial charge in [-0.1, -0.05) is 12.1 Å². The van der Waals surface area contributed by atoms with E-state index in [0.717, 1.165) is 62.5 Å². The van der Waals surface area contributed by atoms with Crippen molar-refractivity contribution in [1.29, 1.82) is 0 Å². The Hall–Kier alpha value is -2.04. The molecule has 0 radical (unpaired) electrons. The van der Waals surface area contributed by atoms with Gasteiger partial charge in [0.2, 0.25) is 11.8 Å². The van der Waals surface area contributed by atoms with Gasteiger partial charge in [-0.25, -0.2) is 0 Å². The van der Waals surface area contributed by atoms with Gasteiger partial charge in [0.25, 0.3) is 0 Å². The molecule has 3 aliphatic rings. The van der Waals surface area contributed by atoms with E-state index in [1.165, 1.54) is 12.8 Å². The Morgan fingerprint density at radius 3 is 2.67 bits per heavy atom. The zero-order valence-corrected chi connectivity index (χ0v) is 16.3. The van der Waals surface area contributed by atoms with Crippen LogP contribution in [0.1, 0.15) is 44.1 Å². The van der Waals surface area contributed by atoms with Gasteiger partial charge in [0.15, 0.2) is 0 Å². The number of nitrogens with zero attached hydrogens (tertiary/aromatic N) is 2. The first-order valence-electron chi connectivity index (χ1n) is 10.3. The fraction of sp³-hybridized carbons (Fsp3) is 0.636. The molecule has 4 rings (SSSR count). The van der Waals surface area contributed by atoms with E-state index >= 15 is 0 Å². The van der Waals surface area contributed by atoms with Crippen LogP contribution in [-0.2, 0) is 16.0 Å². The summed E-state index contributed by atoms with van der Waals surface area (Å²) in [6, 6.07) is 7.88. The first kappa shape index (κ1) is 18.3. The average Bonchev–Trinajstić information content (AvgIpc) is 3.41. The number of likely N-dealkylation sites (tertiary alicyclic amines) is 2. The highest BCUT2D eigenvalue weighted by Gasteiger charge is 2.49. The number of hydrogen-bond donors (Lipinski definition) is 0. The summed E-state index contributed by atoms with van der Waals surface area (Å²) in [6.07, 6.45) is 6.62. The van der Waals surface area contributed by atoms with E-state index in [1.54, 1.807) is 7.11 Å². The van der Waals surface area contributed by atoms with Gasteiger partial charge < -0.3 is 14.5 Å². The quantitative estimate of drug-likeness (QED) is 0.774. The number of carbonyl (C=O) groups is 2. The van der Waals surface area contributed by atoms with Crippen molar-refractivity contribution in [3.8, 4) is 5.75 Å². The summed E-state index contributed by atoms with van der Waals surface area (Å²) < 4.78 is 5.18. The summed E-state index contributed by atoms with van der Waals surface area (Å²) in [7, 11) is 1.65. The molecule has 1 spiro atoms. The molecule has 146 valence electrons. The number of ether oxygens (including phenoxy) is 1. The summed E-state index contributed by atoms with van der Waals surface area (Å²) in [6.45, 7) is 3.19. The highest BCUT2D eigenvalue weighted by atomic mass is 16.5. The molecule has 2 saturated heterocycles. The summed E-state index contributed by atoms with van der Waals surface area (Å²) in [5.41, 5.74) is 0.838. The number of piperidine rings is 1. The molecular weight excluding hydrogens is 340 g/mol. The topological polar surface area (TPSA) is 49.9 Å². The largest absolute Gasteiger partial charge is 0.497 e. The van der Waals surface area contributed by atoms with Gasteiger partial charge in [0.1, 0.15) is 5.75 Å². The van der Waals surface area contributed by atoms with Gasteiger partial charge in [-0.3, -0.25) is 9.59 Å². The molecule has 2 heterocycles. The fourth-order valence-corrected chi connectivity index (χ4v) is 4.60. The molecule has 1 aromatic rings. The van der Waals surface area contributed by atoms with Crippen LogP contribution in [0, 0.1) is 11.3 Å². The molecule has 5 nitrogen and oxygen atoms in total. The van der Waals surface area contributed by atoms with E-state index in [2.05, 4.69) is 4.90 Å². The van der Waals surface area contributed by atoms with E-state index in [9.17, 15) is 9.59 Å². The predicted octanol–water partition coefficient (Wildman–Crippen LogP) is 2.88. The number of rotatable bonds is 6. The van der Waals surface area contributed by atoms with Crippen LogP contribution in [0.4, 0.5) is 0 Å². The fourth-order valence-electron chi connectivity index (χ4n) is 4.60. The minimum Gasteiger partial charge on any atom is -0.497 e. The van der Waals surface area contributed by atoms with Crippen molar-refractivity contribution in [1.82, 2.24) is 9.80 Å². The van der Waals surface area contributed by atoms with Crippen LogP contribution in [0.15, 0.2) is 24.3 Å². The Bertz CT molecular complexity index is 698. The normalized spacial score (nSPS) is 25.3. The molecular formula is C22H30N2O3. The Morgan fingerprint density at radius 1 is 1.19 bits per heavy atom. The maximum atomic E-state index is 13.1. The molecule has 2 aliphatic heterocycles. The van der Waals surface area contributed by atoms with Gasteiger partial charge in [0.05, 0.1) is 12.5 Å². The molecule has 3 fully saturated rings. The lowest BCUT2D eigenvalue weighted by molar-refractivity contribution is -0.146. The minimum atomic E-state index is -0.303. The molecule has 1 saturated carbocycles. The first-order chi connectivity index (χ1) is 13.1. The second-order valence-corrected chi connectivity index (χ2v) is 8.49. The standard InChI is InChI=1S/C22H30N2O3/c1-27-19-8-5-17(6-9-19)7-10-20(25)24-14-12-22(16-24)11-2-13-23(21(22)26)15-18-3-4-18/h5-6,8-9,18H,2-4,7,10-16H2,1H3/t22-/m1/s1. The predicted molar refractivity (Wildman–Crippen MR) is 103 cm³/mol. The van der Waals surface area contributed by atoms with E-state index in [0.29, 0.717) is 18.9 Å². The van der Waals surface area contributed by atoms with Gasteiger partial charge in [-0.2, -0.15) is 0 Å². The molecule has 5 heteroatoms. The third-order valence-corrected chi connectivity index (χ3v) is 6.49. The number of benzene rings is 1. The zero-order chi connectivity index (χ0) is 18.9. The molecule has 1 atom stereocenters. The Morgan fingerprint density at radius 2 is 1.96 bits per heavy atom. The molecule has 0 aromatic heterocycles. The lowest BCUT2D eigenvalue weighted by Crippen LogP contribution is -2.50. The summed E-state index contributed by atoms with van der Waals surface area (Å²) >= 11 is 0. The van der Waals surface area contributed by atoms with Crippen LogP contribution >= 0.6 is 0 Å². The van der Waals surface area contributed by atoms with Gasteiger partial charge >= 0.3 is 0 Å². The summed E-state index contributed by atoms with van der Waals surface area (Å²) in [4.78, 5) is 29.8.